The SMILES string of the molecule is C1=CCCCC1.[Br][Mg][Br]. The molecule has 0 spiro atoms. The average Bonchev–Trinajstić information content (AvgIpc) is 1.93. The van der Waals surface area contributed by atoms with Crippen LogP contribution in [0.15, 0.2) is 12.2 Å². The summed E-state index contributed by atoms with van der Waals surface area (Å²) in [4.78, 5) is 0. The molecule has 0 atom stereocenters. The Balaban J connectivity index is 0.000000187. The molecule has 0 aromatic heterocycles. The van der Waals surface area contributed by atoms with E-state index < -0.39 is 0 Å². The maximum absolute atomic E-state index is 3.20. The number of rotatable bonds is 0. The van der Waals surface area contributed by atoms with Crippen LogP contribution >= 0.6 is 25.8 Å². The van der Waals surface area contributed by atoms with Gasteiger partial charge in [0.1, 0.15) is 0 Å². The fraction of sp³-hybridized carbons (Fsp3) is 0.667. The van der Waals surface area contributed by atoms with Crippen molar-refractivity contribution >= 4 is 41.8 Å². The predicted octanol–water partition coefficient (Wildman–Crippen LogP) is 3.43. The molecule has 0 amide bonds. The first kappa shape index (κ1) is 10.5. The zero-order valence-electron chi connectivity index (χ0n) is 5.45. The van der Waals surface area contributed by atoms with Gasteiger partial charge in [0.2, 0.25) is 0 Å². The first-order chi connectivity index (χ1) is 4.41. The van der Waals surface area contributed by atoms with Crippen molar-refractivity contribution in [1.82, 2.24) is 0 Å². The van der Waals surface area contributed by atoms with E-state index >= 15 is 0 Å². The Hall–Kier alpha value is 1.47. The van der Waals surface area contributed by atoms with E-state index in [0.29, 0.717) is 0 Å². The van der Waals surface area contributed by atoms with Crippen LogP contribution in [-0.4, -0.2) is 16.0 Å². The fourth-order valence-electron chi connectivity index (χ4n) is 0.760. The highest BCUT2D eigenvalue weighted by atomic mass is 79.9. The lowest BCUT2D eigenvalue weighted by Gasteiger charge is -1.97. The van der Waals surface area contributed by atoms with Gasteiger partial charge in [-0.15, -0.1) is 0 Å². The molecule has 9 heavy (non-hydrogen) atoms. The molecule has 0 nitrogen and oxygen atoms in total. The Bertz CT molecular complexity index is 65.5. The van der Waals surface area contributed by atoms with Gasteiger partial charge in [0, 0.05) is 0 Å². The predicted molar refractivity (Wildman–Crippen MR) is 51.2 cm³/mol. The van der Waals surface area contributed by atoms with Gasteiger partial charge in [-0.2, -0.15) is 0 Å². The van der Waals surface area contributed by atoms with Crippen molar-refractivity contribution in [3.8, 4) is 0 Å². The maximum Gasteiger partial charge on any atom is 0.560 e. The standard InChI is InChI=1S/C6H10.2BrH.Mg/c1-2-4-6-5-3-1;;;/h1-2H,3-6H2;2*1H;/q;;;+2/p-2. The second-order valence-corrected chi connectivity index (χ2v) is 9.94. The lowest BCUT2D eigenvalue weighted by atomic mass is 10.1. The van der Waals surface area contributed by atoms with Crippen LogP contribution < -0.4 is 0 Å². The van der Waals surface area contributed by atoms with Gasteiger partial charge in [-0.1, -0.05) is 12.2 Å². The molecule has 0 aliphatic heterocycles. The summed E-state index contributed by atoms with van der Waals surface area (Å²) in [7, 11) is 0. The van der Waals surface area contributed by atoms with Crippen molar-refractivity contribution in [2.45, 2.75) is 25.7 Å². The Morgan fingerprint density at radius 1 is 1.00 bits per heavy atom. The van der Waals surface area contributed by atoms with Gasteiger partial charge in [-0.05, 0) is 25.7 Å². The van der Waals surface area contributed by atoms with E-state index in [2.05, 4.69) is 37.9 Å². The highest BCUT2D eigenvalue weighted by Crippen LogP contribution is 2.07. The molecule has 0 unspecified atom stereocenters. The van der Waals surface area contributed by atoms with E-state index in [1.54, 1.807) is 0 Å². The molecule has 0 fully saturated rings. The molecule has 3 heteroatoms. The summed E-state index contributed by atoms with van der Waals surface area (Å²) >= 11 is 6.44. The van der Waals surface area contributed by atoms with Gasteiger partial charge in [0.25, 0.3) is 0 Å². The molecule has 0 heterocycles. The molecule has 0 aromatic rings. The van der Waals surface area contributed by atoms with Crippen molar-refractivity contribution in [2.24, 2.45) is 0 Å². The van der Waals surface area contributed by atoms with E-state index in [-0.39, 0.29) is 16.0 Å². The lowest BCUT2D eigenvalue weighted by molar-refractivity contribution is 0.730. The molecule has 1 rings (SSSR count). The minimum Gasteiger partial charge on any atom is -0.280 e. The summed E-state index contributed by atoms with van der Waals surface area (Å²) in [6.07, 6.45) is 10.0. The van der Waals surface area contributed by atoms with Crippen LogP contribution in [0, 0.1) is 0 Å². The smallest absolute Gasteiger partial charge is 0.280 e. The summed E-state index contributed by atoms with van der Waals surface area (Å²) in [5, 5.41) is 0. The zero-order valence-corrected chi connectivity index (χ0v) is 10.0. The largest absolute Gasteiger partial charge is 0.560 e. The van der Waals surface area contributed by atoms with E-state index in [9.17, 15) is 0 Å². The highest BCUT2D eigenvalue weighted by molar-refractivity contribution is 9.47. The van der Waals surface area contributed by atoms with Crippen LogP contribution in [0.1, 0.15) is 25.7 Å². The first-order valence-corrected chi connectivity index (χ1v) is 11.0. The molecule has 1 aliphatic carbocycles. The third-order valence-electron chi connectivity index (χ3n) is 1.16. The Kier molecular flexibility index (Phi) is 11.0. The van der Waals surface area contributed by atoms with Crippen molar-refractivity contribution in [1.29, 1.82) is 0 Å². The van der Waals surface area contributed by atoms with Crippen LogP contribution in [0.2, 0.25) is 0 Å². The second-order valence-electron chi connectivity index (χ2n) is 1.86. The molecule has 0 N–H and O–H groups in total. The molecule has 0 aromatic carbocycles. The second kappa shape index (κ2) is 9.47. The number of hydrogen-bond acceptors (Lipinski definition) is 0. The molecule has 0 radical (unpaired) electrons. The summed E-state index contributed by atoms with van der Waals surface area (Å²) < 4.78 is 0. The molecule has 0 saturated carbocycles. The molecule has 0 bridgehead atoms. The molecular formula is C6H10Br2Mg. The van der Waals surface area contributed by atoms with E-state index in [0.717, 1.165) is 0 Å². The minimum absolute atomic E-state index is 0.0417. The van der Waals surface area contributed by atoms with Crippen LogP contribution in [0.5, 0.6) is 0 Å². The Labute approximate surface area is 78.9 Å². The molecular weight excluding hydrogens is 256 g/mol. The van der Waals surface area contributed by atoms with Gasteiger partial charge >= 0.3 is 16.0 Å². The van der Waals surface area contributed by atoms with Crippen molar-refractivity contribution in [2.75, 3.05) is 0 Å². The normalized spacial score (nSPS) is 15.3. The molecule has 1 aliphatic rings. The first-order valence-electron chi connectivity index (χ1n) is 3.18. The molecule has 50 valence electrons. The van der Waals surface area contributed by atoms with Gasteiger partial charge in [-0.3, -0.25) is 25.8 Å². The van der Waals surface area contributed by atoms with Crippen molar-refractivity contribution in [3.63, 3.8) is 0 Å². The lowest BCUT2D eigenvalue weighted by Crippen LogP contribution is -1.77. The quantitative estimate of drug-likeness (QED) is 0.465. The van der Waals surface area contributed by atoms with Gasteiger partial charge < -0.3 is 0 Å². The summed E-state index contributed by atoms with van der Waals surface area (Å²) in [6, 6.07) is 0. The van der Waals surface area contributed by atoms with E-state index in [1.165, 1.54) is 25.7 Å². The van der Waals surface area contributed by atoms with Gasteiger partial charge in [0.15, 0.2) is 0 Å². The monoisotopic (exact) mass is 264 g/mol. The third-order valence-corrected chi connectivity index (χ3v) is 1.16. The van der Waals surface area contributed by atoms with Crippen LogP contribution in [0.4, 0.5) is 0 Å². The third kappa shape index (κ3) is 9.47. The van der Waals surface area contributed by atoms with E-state index in [4.69, 9.17) is 0 Å². The number of hydrogen-bond donors (Lipinski definition) is 0. The molecule has 0 saturated heterocycles. The van der Waals surface area contributed by atoms with Crippen LogP contribution in [-0.2, 0) is 0 Å². The zero-order chi connectivity index (χ0) is 6.95. The maximum atomic E-state index is 3.20. The van der Waals surface area contributed by atoms with Crippen LogP contribution in [0.25, 0.3) is 0 Å². The van der Waals surface area contributed by atoms with Crippen molar-refractivity contribution in [3.05, 3.63) is 12.2 Å². The van der Waals surface area contributed by atoms with Crippen molar-refractivity contribution < 1.29 is 0 Å². The number of allylic oxidation sites excluding steroid dienone is 2. The summed E-state index contributed by atoms with van der Waals surface area (Å²) in [6.45, 7) is 0. The number of halogens is 2. The fourth-order valence-corrected chi connectivity index (χ4v) is 0.760. The van der Waals surface area contributed by atoms with Gasteiger partial charge in [0.05, 0.1) is 0 Å². The van der Waals surface area contributed by atoms with E-state index in [1.807, 2.05) is 0 Å². The van der Waals surface area contributed by atoms with Crippen LogP contribution in [0.3, 0.4) is 0 Å². The minimum atomic E-state index is 0.0417. The topological polar surface area (TPSA) is 0 Å². The summed E-state index contributed by atoms with van der Waals surface area (Å²) in [5.41, 5.74) is 0. The summed E-state index contributed by atoms with van der Waals surface area (Å²) in [5.74, 6) is 0. The highest BCUT2D eigenvalue weighted by Gasteiger charge is 1.87. The Morgan fingerprint density at radius 2 is 1.33 bits per heavy atom. The van der Waals surface area contributed by atoms with Gasteiger partial charge in [-0.25, -0.2) is 0 Å². The average molecular weight is 266 g/mol. The Morgan fingerprint density at radius 3 is 1.44 bits per heavy atom.